The van der Waals surface area contributed by atoms with Gasteiger partial charge in [0.05, 0.1) is 28.5 Å². The summed E-state index contributed by atoms with van der Waals surface area (Å²) in [6.45, 7) is 4.47. The minimum Gasteiger partial charge on any atom is -0.399 e. The lowest BCUT2D eigenvalue weighted by Gasteiger charge is -2.32. The maximum Gasteiger partial charge on any atom is 0.507 e. The van der Waals surface area contributed by atoms with Crippen molar-refractivity contribution in [3.8, 4) is 0 Å². The molecule has 5 heteroatoms. The highest BCUT2D eigenvalue weighted by Gasteiger charge is 2.52. The fourth-order valence-electron chi connectivity index (χ4n) is 1.42. The summed E-state index contributed by atoms with van der Waals surface area (Å²) in [7, 11) is -0.936. The molecule has 0 aromatic carbocycles. The van der Waals surface area contributed by atoms with E-state index < -0.39 is 31.5 Å². The van der Waals surface area contributed by atoms with Crippen molar-refractivity contribution in [1.82, 2.24) is 4.98 Å². The van der Waals surface area contributed by atoms with Crippen molar-refractivity contribution in [1.29, 1.82) is 0 Å². The number of hydrogen-bond donors (Lipinski definition) is 0. The van der Waals surface area contributed by atoms with Gasteiger partial charge in [0.2, 0.25) is 0 Å². The van der Waals surface area contributed by atoms with Crippen LogP contribution in [-0.2, 0) is 15.7 Å². The van der Waals surface area contributed by atoms with Crippen molar-refractivity contribution in [2.75, 3.05) is 0 Å². The first kappa shape index (κ1) is 6.52. The maximum atomic E-state index is 7.89. The van der Waals surface area contributed by atoms with Crippen LogP contribution in [0.1, 0.15) is 48.5 Å². The third-order valence-electron chi connectivity index (χ3n) is 3.13. The van der Waals surface area contributed by atoms with E-state index in [2.05, 4.69) is 4.98 Å². The second kappa shape index (κ2) is 3.82. The summed E-state index contributed by atoms with van der Waals surface area (Å²) in [6.07, 6.45) is -2.68. The van der Waals surface area contributed by atoms with Crippen LogP contribution in [0.5, 0.6) is 0 Å². The van der Waals surface area contributed by atoms with Gasteiger partial charge >= 0.3 is 7.12 Å². The number of rotatable bonds is 2. The number of aromatic nitrogens is 1. The second-order valence-electron chi connectivity index (χ2n) is 4.73. The minimum absolute atomic E-state index is 0.173. The molecule has 0 spiro atoms. The van der Waals surface area contributed by atoms with Gasteiger partial charge in [-0.05, 0) is 34.1 Å². The van der Waals surface area contributed by atoms with E-state index in [1.807, 2.05) is 27.7 Å². The Morgan fingerprint density at radius 2 is 2.12 bits per heavy atom. The van der Waals surface area contributed by atoms with Crippen LogP contribution in [0.15, 0.2) is 5.49 Å². The Morgan fingerprint density at radius 1 is 1.50 bits per heavy atom. The molecule has 1 aromatic rings. The van der Waals surface area contributed by atoms with E-state index in [1.54, 1.807) is 0 Å². The van der Waals surface area contributed by atoms with Crippen LogP contribution < -0.4 is 4.78 Å². The van der Waals surface area contributed by atoms with Crippen LogP contribution in [-0.4, -0.2) is 23.3 Å². The number of aryl methyl sites for hydroxylation is 1. The van der Waals surface area contributed by atoms with Crippen molar-refractivity contribution in [2.24, 2.45) is 0 Å². The van der Waals surface area contributed by atoms with Gasteiger partial charge in [-0.15, -0.1) is 11.3 Å². The molecular formula is C11H18BNO2S. The number of thiazole rings is 1. The smallest absolute Gasteiger partial charge is 0.399 e. The van der Waals surface area contributed by atoms with Gasteiger partial charge in [-0.3, -0.25) is 4.98 Å². The molecular weight excluding hydrogens is 221 g/mol. The van der Waals surface area contributed by atoms with Crippen LogP contribution in [0.4, 0.5) is 0 Å². The minimum atomic E-state index is -2.90. The lowest BCUT2D eigenvalue weighted by molar-refractivity contribution is 0.00578. The van der Waals surface area contributed by atoms with Gasteiger partial charge in [0.25, 0.3) is 0 Å². The first-order chi connectivity index (χ1) is 9.69. The summed E-state index contributed by atoms with van der Waals surface area (Å²) in [6, 6.07) is 0. The van der Waals surface area contributed by atoms with E-state index in [4.69, 9.17) is 17.5 Å². The third-order valence-corrected chi connectivity index (χ3v) is 3.92. The summed E-state index contributed by atoms with van der Waals surface area (Å²) in [4.78, 5) is 3.78. The van der Waals surface area contributed by atoms with Crippen molar-refractivity contribution < 1.29 is 17.5 Å². The molecule has 0 unspecified atom stereocenters. The highest BCUT2D eigenvalue weighted by atomic mass is 32.1. The summed E-state index contributed by atoms with van der Waals surface area (Å²) in [5.41, 5.74) is -1.77. The highest BCUT2D eigenvalue weighted by Crippen LogP contribution is 2.36. The van der Waals surface area contributed by atoms with E-state index in [9.17, 15) is 0 Å². The Labute approximate surface area is 110 Å². The lowest BCUT2D eigenvalue weighted by Crippen LogP contribution is -2.41. The van der Waals surface area contributed by atoms with E-state index >= 15 is 0 Å². The fraction of sp³-hybridized carbons (Fsp3) is 0.727. The quantitative estimate of drug-likeness (QED) is 0.747. The Kier molecular flexibility index (Phi) is 1.56. The zero-order chi connectivity index (χ0) is 17.1. The van der Waals surface area contributed by atoms with E-state index in [0.717, 1.165) is 11.3 Å². The maximum absolute atomic E-state index is 7.89. The molecule has 1 saturated heterocycles. The topological polar surface area (TPSA) is 31.4 Å². The summed E-state index contributed by atoms with van der Waals surface area (Å²) >= 11 is 0.872. The van der Waals surface area contributed by atoms with Gasteiger partial charge in [-0.25, -0.2) is 0 Å². The molecule has 0 amide bonds. The molecule has 0 aliphatic carbocycles. The Bertz CT molecular complexity index is 570. The Morgan fingerprint density at radius 3 is 2.69 bits per heavy atom. The van der Waals surface area contributed by atoms with Crippen LogP contribution in [0.2, 0.25) is 0 Å². The molecule has 16 heavy (non-hydrogen) atoms. The van der Waals surface area contributed by atoms with Gasteiger partial charge in [-0.1, -0.05) is 6.85 Å². The summed E-state index contributed by atoms with van der Waals surface area (Å²) < 4.78 is 57.4. The number of nitrogens with zero attached hydrogens (tertiary/aromatic N) is 1. The van der Waals surface area contributed by atoms with Gasteiger partial charge in [-0.2, -0.15) is 0 Å². The SMILES string of the molecule is [2H]c1nc(C([2H])([2H])C([2H])([2H])[2H])c(B2OC(C)(C)C(C)(C)O2)s1. The lowest BCUT2D eigenvalue weighted by atomic mass is 9.86. The fourth-order valence-corrected chi connectivity index (χ4v) is 2.04. The molecule has 88 valence electrons. The molecule has 2 rings (SSSR count). The summed E-state index contributed by atoms with van der Waals surface area (Å²) in [5, 5.41) is 0. The zero-order valence-electron chi connectivity index (χ0n) is 15.7. The molecule has 0 radical (unpaired) electrons. The largest absolute Gasteiger partial charge is 0.507 e. The monoisotopic (exact) mass is 245 g/mol. The third kappa shape index (κ3) is 1.81. The van der Waals surface area contributed by atoms with Crippen molar-refractivity contribution in [3.63, 3.8) is 0 Å². The van der Waals surface area contributed by atoms with Crippen LogP contribution >= 0.6 is 11.3 Å². The standard InChI is InChI=1S/C11H18BNO2S/c1-6-8-9(16-7-13-8)12-14-10(2,3)11(4,5)15-12/h7H,6H2,1-5H3/i1D3,6D2,7D. The van der Waals surface area contributed by atoms with Gasteiger partial charge in [0.15, 0.2) is 0 Å². The predicted molar refractivity (Wildman–Crippen MR) is 67.2 cm³/mol. The Balaban J connectivity index is 2.48. The van der Waals surface area contributed by atoms with Crippen molar-refractivity contribution in [3.05, 3.63) is 11.2 Å². The zero-order valence-corrected chi connectivity index (χ0v) is 10.6. The van der Waals surface area contributed by atoms with Gasteiger partial charge in [0.1, 0.15) is 0 Å². The Hall–Kier alpha value is -0.385. The second-order valence-corrected chi connectivity index (χ2v) is 5.56. The van der Waals surface area contributed by atoms with E-state index in [1.165, 1.54) is 0 Å². The molecule has 1 fully saturated rings. The summed E-state index contributed by atoms with van der Waals surface area (Å²) in [5.74, 6) is 0. The molecule has 0 N–H and O–H groups in total. The average Bonchev–Trinajstić information content (AvgIpc) is 2.76. The highest BCUT2D eigenvalue weighted by molar-refractivity contribution is 7.20. The average molecular weight is 245 g/mol. The number of hydrogen-bond acceptors (Lipinski definition) is 4. The molecule has 0 bridgehead atoms. The molecule has 1 aliphatic heterocycles. The van der Waals surface area contributed by atoms with Gasteiger partial charge < -0.3 is 9.31 Å². The molecule has 0 saturated carbocycles. The molecule has 1 aromatic heterocycles. The van der Waals surface area contributed by atoms with Crippen LogP contribution in [0.25, 0.3) is 0 Å². The first-order valence-electron chi connectivity index (χ1n) is 8.02. The van der Waals surface area contributed by atoms with Crippen molar-refractivity contribution in [2.45, 2.75) is 52.1 Å². The molecule has 1 aliphatic rings. The van der Waals surface area contributed by atoms with Crippen LogP contribution in [0.3, 0.4) is 0 Å². The van der Waals surface area contributed by atoms with Gasteiger partial charge in [0, 0.05) is 6.85 Å². The normalized spacial score (nSPS) is 29.9. The van der Waals surface area contributed by atoms with E-state index in [-0.39, 0.29) is 16.0 Å². The molecule has 2 heterocycles. The first-order valence-corrected chi connectivity index (χ1v) is 5.84. The molecule has 0 atom stereocenters. The van der Waals surface area contributed by atoms with Crippen LogP contribution in [0, 0.1) is 0 Å². The predicted octanol–water partition coefficient (Wildman–Crippen LogP) is 2.00. The van der Waals surface area contributed by atoms with E-state index in [0.29, 0.717) is 0 Å². The van der Waals surface area contributed by atoms with Crippen molar-refractivity contribution >= 4 is 23.2 Å². The molecule has 3 nitrogen and oxygen atoms in total.